The Bertz CT molecular complexity index is 1230. The molecule has 168 valence electrons. The molecule has 1 aliphatic rings. The number of nitrogens with zero attached hydrogens (tertiary/aromatic N) is 3. The van der Waals surface area contributed by atoms with Crippen LogP contribution in [-0.2, 0) is 11.3 Å². The summed E-state index contributed by atoms with van der Waals surface area (Å²) in [5.41, 5.74) is 3.18. The molecule has 1 saturated heterocycles. The van der Waals surface area contributed by atoms with Crippen LogP contribution >= 0.6 is 0 Å². The molecule has 0 aliphatic carbocycles. The van der Waals surface area contributed by atoms with Gasteiger partial charge in [-0.3, -0.25) is 14.8 Å². The Morgan fingerprint density at radius 1 is 1.09 bits per heavy atom. The van der Waals surface area contributed by atoms with Gasteiger partial charge in [-0.25, -0.2) is 4.98 Å². The molecule has 33 heavy (non-hydrogen) atoms. The number of pyridine rings is 1. The Hall–Kier alpha value is -3.71. The molecule has 0 radical (unpaired) electrons. The zero-order chi connectivity index (χ0) is 22.6. The van der Waals surface area contributed by atoms with Gasteiger partial charge < -0.3 is 10.1 Å². The fourth-order valence-corrected chi connectivity index (χ4v) is 4.35. The summed E-state index contributed by atoms with van der Waals surface area (Å²) in [5, 5.41) is 12.3. The Morgan fingerprint density at radius 3 is 2.64 bits per heavy atom. The third kappa shape index (κ3) is 5.21. The smallest absolute Gasteiger partial charge is 0.219 e. The van der Waals surface area contributed by atoms with Crippen LogP contribution in [0.25, 0.3) is 22.0 Å². The molecule has 7 heteroatoms. The van der Waals surface area contributed by atoms with Gasteiger partial charge in [-0.2, -0.15) is 5.10 Å². The van der Waals surface area contributed by atoms with E-state index >= 15 is 0 Å². The number of aromatic amines is 1. The number of ether oxygens (including phenoxy) is 1. The second kappa shape index (κ2) is 9.42. The number of aromatic nitrogens is 3. The highest BCUT2D eigenvalue weighted by Gasteiger charge is 2.19. The van der Waals surface area contributed by atoms with Crippen molar-refractivity contribution in [2.45, 2.75) is 32.4 Å². The summed E-state index contributed by atoms with van der Waals surface area (Å²) >= 11 is 0. The standard InChI is InChI=1S/C26H27N5O2/c1-18(32)29-23-9-12-31(13-10-23)17-19-2-3-21-15-24(6-4-20(21)14-19)33-26-7-5-22(16-27-26)25-8-11-28-30-25/h2-8,11,14-16,23H,9-10,12-13,17H2,1H3,(H,28,30)(H,29,32). The lowest BCUT2D eigenvalue weighted by Gasteiger charge is -2.32. The number of amides is 1. The minimum Gasteiger partial charge on any atom is -0.439 e. The number of piperidine rings is 1. The van der Waals surface area contributed by atoms with E-state index in [1.54, 1.807) is 19.3 Å². The summed E-state index contributed by atoms with van der Waals surface area (Å²) in [6.45, 7) is 4.52. The number of rotatable bonds is 6. The third-order valence-electron chi connectivity index (χ3n) is 6.05. The highest BCUT2D eigenvalue weighted by molar-refractivity contribution is 5.84. The number of benzene rings is 2. The first-order valence-corrected chi connectivity index (χ1v) is 11.3. The number of nitrogens with one attached hydrogen (secondary N) is 2. The van der Waals surface area contributed by atoms with Crippen LogP contribution in [0.3, 0.4) is 0 Å². The van der Waals surface area contributed by atoms with Crippen molar-refractivity contribution in [1.29, 1.82) is 0 Å². The van der Waals surface area contributed by atoms with Crippen molar-refractivity contribution < 1.29 is 9.53 Å². The van der Waals surface area contributed by atoms with Crippen molar-refractivity contribution in [3.8, 4) is 22.9 Å². The van der Waals surface area contributed by atoms with Crippen molar-refractivity contribution in [2.24, 2.45) is 0 Å². The average Bonchev–Trinajstić information content (AvgIpc) is 3.36. The Kier molecular flexibility index (Phi) is 6.04. The van der Waals surface area contributed by atoms with Gasteiger partial charge in [-0.05, 0) is 59.5 Å². The summed E-state index contributed by atoms with van der Waals surface area (Å²) in [6.07, 6.45) is 5.50. The van der Waals surface area contributed by atoms with E-state index in [0.29, 0.717) is 11.9 Å². The predicted molar refractivity (Wildman–Crippen MR) is 128 cm³/mol. The first-order chi connectivity index (χ1) is 16.1. The molecule has 0 atom stereocenters. The third-order valence-corrected chi connectivity index (χ3v) is 6.05. The van der Waals surface area contributed by atoms with Crippen LogP contribution in [0.5, 0.6) is 11.6 Å². The number of carbonyl (C=O) groups excluding carboxylic acids is 1. The molecule has 2 aromatic heterocycles. The molecule has 0 bridgehead atoms. The number of H-pyrrole nitrogens is 1. The lowest BCUT2D eigenvalue weighted by molar-refractivity contribution is -0.119. The number of hydrogen-bond acceptors (Lipinski definition) is 5. The second-order valence-corrected chi connectivity index (χ2v) is 8.55. The van der Waals surface area contributed by atoms with Gasteiger partial charge in [0.1, 0.15) is 5.75 Å². The molecule has 3 heterocycles. The summed E-state index contributed by atoms with van der Waals surface area (Å²) in [4.78, 5) is 18.1. The summed E-state index contributed by atoms with van der Waals surface area (Å²) in [5.74, 6) is 1.38. The molecule has 1 amide bonds. The van der Waals surface area contributed by atoms with E-state index in [2.05, 4.69) is 49.7 Å². The van der Waals surface area contributed by atoms with E-state index < -0.39 is 0 Å². The van der Waals surface area contributed by atoms with Crippen LogP contribution in [-0.4, -0.2) is 45.1 Å². The number of likely N-dealkylation sites (tertiary alicyclic amines) is 1. The van der Waals surface area contributed by atoms with Gasteiger partial charge in [-0.1, -0.05) is 18.2 Å². The van der Waals surface area contributed by atoms with E-state index in [4.69, 9.17) is 4.74 Å². The second-order valence-electron chi connectivity index (χ2n) is 8.55. The molecule has 0 unspecified atom stereocenters. The van der Waals surface area contributed by atoms with Gasteiger partial charge in [0, 0.05) is 56.6 Å². The van der Waals surface area contributed by atoms with E-state index in [9.17, 15) is 4.79 Å². The van der Waals surface area contributed by atoms with Crippen LogP contribution in [0.15, 0.2) is 67.0 Å². The van der Waals surface area contributed by atoms with Crippen LogP contribution in [0, 0.1) is 0 Å². The van der Waals surface area contributed by atoms with Gasteiger partial charge in [0.2, 0.25) is 11.8 Å². The molecule has 1 fully saturated rings. The summed E-state index contributed by atoms with van der Waals surface area (Å²) < 4.78 is 5.97. The Labute approximate surface area is 192 Å². The van der Waals surface area contributed by atoms with Gasteiger partial charge in [0.25, 0.3) is 0 Å². The van der Waals surface area contributed by atoms with Crippen molar-refractivity contribution in [2.75, 3.05) is 13.1 Å². The lowest BCUT2D eigenvalue weighted by atomic mass is 10.0. The topological polar surface area (TPSA) is 83.1 Å². The zero-order valence-electron chi connectivity index (χ0n) is 18.6. The van der Waals surface area contributed by atoms with Gasteiger partial charge in [0.05, 0.1) is 5.69 Å². The first kappa shape index (κ1) is 21.2. The molecular formula is C26H27N5O2. The summed E-state index contributed by atoms with van der Waals surface area (Å²) in [6, 6.07) is 18.7. The Balaban J connectivity index is 1.22. The van der Waals surface area contributed by atoms with Crippen molar-refractivity contribution in [3.05, 3.63) is 72.6 Å². The predicted octanol–water partition coefficient (Wildman–Crippen LogP) is 4.52. The highest BCUT2D eigenvalue weighted by atomic mass is 16.5. The number of fused-ring (bicyclic) bond motifs is 1. The van der Waals surface area contributed by atoms with Gasteiger partial charge >= 0.3 is 0 Å². The molecule has 2 aromatic carbocycles. The monoisotopic (exact) mass is 441 g/mol. The minimum absolute atomic E-state index is 0.0632. The maximum atomic E-state index is 11.3. The normalized spacial score (nSPS) is 14.9. The Morgan fingerprint density at radius 2 is 1.91 bits per heavy atom. The van der Waals surface area contributed by atoms with E-state index in [1.165, 1.54) is 10.9 Å². The van der Waals surface area contributed by atoms with Crippen molar-refractivity contribution in [1.82, 2.24) is 25.4 Å². The van der Waals surface area contributed by atoms with Crippen LogP contribution in [0.2, 0.25) is 0 Å². The molecule has 0 spiro atoms. The molecule has 4 aromatic rings. The van der Waals surface area contributed by atoms with Gasteiger partial charge in [0.15, 0.2) is 0 Å². The first-order valence-electron chi connectivity index (χ1n) is 11.3. The fraction of sp³-hybridized carbons (Fsp3) is 0.269. The molecule has 1 aliphatic heterocycles. The molecule has 7 nitrogen and oxygen atoms in total. The number of hydrogen-bond donors (Lipinski definition) is 2. The zero-order valence-corrected chi connectivity index (χ0v) is 18.6. The quantitative estimate of drug-likeness (QED) is 0.460. The van der Waals surface area contributed by atoms with E-state index in [0.717, 1.165) is 54.9 Å². The number of carbonyl (C=O) groups is 1. The lowest BCUT2D eigenvalue weighted by Crippen LogP contribution is -2.43. The largest absolute Gasteiger partial charge is 0.439 e. The van der Waals surface area contributed by atoms with Crippen molar-refractivity contribution >= 4 is 16.7 Å². The maximum Gasteiger partial charge on any atom is 0.219 e. The van der Waals surface area contributed by atoms with Crippen LogP contribution < -0.4 is 10.1 Å². The van der Waals surface area contributed by atoms with Gasteiger partial charge in [-0.15, -0.1) is 0 Å². The van der Waals surface area contributed by atoms with E-state index in [-0.39, 0.29) is 5.91 Å². The minimum atomic E-state index is 0.0632. The molecular weight excluding hydrogens is 414 g/mol. The highest BCUT2D eigenvalue weighted by Crippen LogP contribution is 2.27. The fourth-order valence-electron chi connectivity index (χ4n) is 4.35. The maximum absolute atomic E-state index is 11.3. The van der Waals surface area contributed by atoms with Crippen LogP contribution in [0.1, 0.15) is 25.3 Å². The molecule has 0 saturated carbocycles. The summed E-state index contributed by atoms with van der Waals surface area (Å²) in [7, 11) is 0. The molecule has 2 N–H and O–H groups in total. The average molecular weight is 442 g/mol. The van der Waals surface area contributed by atoms with E-state index in [1.807, 2.05) is 30.3 Å². The SMILES string of the molecule is CC(=O)NC1CCN(Cc2ccc3cc(Oc4ccc(-c5ccn[nH]5)cn4)ccc3c2)CC1. The van der Waals surface area contributed by atoms with Crippen LogP contribution in [0.4, 0.5) is 0 Å². The van der Waals surface area contributed by atoms with Crippen molar-refractivity contribution in [3.63, 3.8) is 0 Å². The molecule has 5 rings (SSSR count).